The summed E-state index contributed by atoms with van der Waals surface area (Å²) in [5.41, 5.74) is 8.92. The normalized spacial score (nSPS) is 12.2. The van der Waals surface area contributed by atoms with E-state index in [4.69, 9.17) is 10.5 Å². The summed E-state index contributed by atoms with van der Waals surface area (Å²) in [6.45, 7) is 4.42. The van der Waals surface area contributed by atoms with Crippen molar-refractivity contribution in [3.05, 3.63) is 65.0 Å². The van der Waals surface area contributed by atoms with Gasteiger partial charge in [0, 0.05) is 6.04 Å². The van der Waals surface area contributed by atoms with Gasteiger partial charge in [0.15, 0.2) is 0 Å². The maximum absolute atomic E-state index is 13.3. The molecule has 3 heteroatoms. The van der Waals surface area contributed by atoms with Crippen LogP contribution in [0, 0.1) is 12.7 Å². The van der Waals surface area contributed by atoms with Gasteiger partial charge in [0.05, 0.1) is 0 Å². The van der Waals surface area contributed by atoms with Gasteiger partial charge in [-0.3, -0.25) is 0 Å². The number of hydrogen-bond acceptors (Lipinski definition) is 2. The molecule has 0 spiro atoms. The van der Waals surface area contributed by atoms with Crippen LogP contribution in [0.15, 0.2) is 42.5 Å². The summed E-state index contributed by atoms with van der Waals surface area (Å²) < 4.78 is 19.2. The minimum Gasteiger partial charge on any atom is -0.489 e. The summed E-state index contributed by atoms with van der Waals surface area (Å²) in [4.78, 5) is 0. The SMILES string of the molecule is Cc1ccccc1COc1ccc(F)cc1CC(C)N. The molecule has 0 radical (unpaired) electrons. The van der Waals surface area contributed by atoms with Crippen LogP contribution >= 0.6 is 0 Å². The Morgan fingerprint density at radius 2 is 1.90 bits per heavy atom. The first-order valence-corrected chi connectivity index (χ1v) is 6.77. The van der Waals surface area contributed by atoms with Gasteiger partial charge in [0.1, 0.15) is 18.2 Å². The molecule has 0 heterocycles. The standard InChI is InChI=1S/C17H20FNO/c1-12-5-3-4-6-14(12)11-20-17-8-7-16(18)10-15(17)9-13(2)19/h3-8,10,13H,9,11,19H2,1-2H3. The molecule has 0 amide bonds. The zero-order chi connectivity index (χ0) is 14.5. The highest BCUT2D eigenvalue weighted by molar-refractivity contribution is 5.35. The van der Waals surface area contributed by atoms with Crippen LogP contribution < -0.4 is 10.5 Å². The van der Waals surface area contributed by atoms with Crippen molar-refractivity contribution in [3.63, 3.8) is 0 Å². The Kier molecular flexibility index (Phi) is 4.74. The van der Waals surface area contributed by atoms with Gasteiger partial charge in [-0.2, -0.15) is 0 Å². The monoisotopic (exact) mass is 273 g/mol. The number of benzene rings is 2. The molecule has 0 bridgehead atoms. The van der Waals surface area contributed by atoms with Gasteiger partial charge >= 0.3 is 0 Å². The molecule has 2 aromatic carbocycles. The summed E-state index contributed by atoms with van der Waals surface area (Å²) in [6.07, 6.45) is 0.598. The number of hydrogen-bond donors (Lipinski definition) is 1. The molecular formula is C17H20FNO. The third kappa shape index (κ3) is 3.81. The molecule has 0 saturated carbocycles. The molecule has 0 aliphatic carbocycles. The quantitative estimate of drug-likeness (QED) is 0.903. The fourth-order valence-electron chi connectivity index (χ4n) is 2.12. The summed E-state index contributed by atoms with van der Waals surface area (Å²) in [5.74, 6) is 0.441. The Morgan fingerprint density at radius 1 is 1.15 bits per heavy atom. The molecule has 0 aromatic heterocycles. The van der Waals surface area contributed by atoms with Crippen molar-refractivity contribution in [1.29, 1.82) is 0 Å². The minimum atomic E-state index is -0.260. The average Bonchev–Trinajstić information content (AvgIpc) is 2.39. The fourth-order valence-corrected chi connectivity index (χ4v) is 2.12. The van der Waals surface area contributed by atoms with Gasteiger partial charge in [0.25, 0.3) is 0 Å². The predicted molar refractivity (Wildman–Crippen MR) is 79.3 cm³/mol. The van der Waals surface area contributed by atoms with Crippen LogP contribution in [-0.2, 0) is 13.0 Å². The van der Waals surface area contributed by atoms with Gasteiger partial charge in [-0.05, 0) is 55.2 Å². The highest BCUT2D eigenvalue weighted by atomic mass is 19.1. The lowest BCUT2D eigenvalue weighted by Crippen LogP contribution is -2.18. The van der Waals surface area contributed by atoms with E-state index in [0.29, 0.717) is 18.8 Å². The maximum Gasteiger partial charge on any atom is 0.123 e. The number of rotatable bonds is 5. The molecule has 0 aliphatic heterocycles. The zero-order valence-corrected chi connectivity index (χ0v) is 11.9. The van der Waals surface area contributed by atoms with E-state index in [0.717, 1.165) is 11.1 Å². The van der Waals surface area contributed by atoms with E-state index in [2.05, 4.69) is 0 Å². The number of nitrogens with two attached hydrogens (primary N) is 1. The molecule has 1 unspecified atom stereocenters. The van der Waals surface area contributed by atoms with E-state index in [1.165, 1.54) is 17.7 Å². The summed E-state index contributed by atoms with van der Waals surface area (Å²) >= 11 is 0. The molecular weight excluding hydrogens is 253 g/mol. The smallest absolute Gasteiger partial charge is 0.123 e. The van der Waals surface area contributed by atoms with E-state index < -0.39 is 0 Å². The Hall–Kier alpha value is -1.87. The number of ether oxygens (including phenoxy) is 1. The Bertz CT molecular complexity index is 581. The van der Waals surface area contributed by atoms with Crippen molar-refractivity contribution in [1.82, 2.24) is 0 Å². The van der Waals surface area contributed by atoms with Gasteiger partial charge < -0.3 is 10.5 Å². The van der Waals surface area contributed by atoms with Crippen LogP contribution in [0.25, 0.3) is 0 Å². The molecule has 106 valence electrons. The Balaban J connectivity index is 2.15. The lowest BCUT2D eigenvalue weighted by atomic mass is 10.1. The van der Waals surface area contributed by atoms with Crippen molar-refractivity contribution in [3.8, 4) is 5.75 Å². The van der Waals surface area contributed by atoms with Crippen LogP contribution in [0.2, 0.25) is 0 Å². The highest BCUT2D eigenvalue weighted by Gasteiger charge is 2.08. The molecule has 2 N–H and O–H groups in total. The second-order valence-electron chi connectivity index (χ2n) is 5.15. The van der Waals surface area contributed by atoms with Crippen LogP contribution in [0.3, 0.4) is 0 Å². The van der Waals surface area contributed by atoms with Crippen molar-refractivity contribution in [2.75, 3.05) is 0 Å². The third-order valence-electron chi connectivity index (χ3n) is 3.21. The first-order chi connectivity index (χ1) is 9.56. The first-order valence-electron chi connectivity index (χ1n) is 6.77. The molecule has 0 saturated heterocycles. The van der Waals surface area contributed by atoms with E-state index >= 15 is 0 Å². The summed E-state index contributed by atoms with van der Waals surface area (Å²) in [7, 11) is 0. The molecule has 2 rings (SSSR count). The van der Waals surface area contributed by atoms with Crippen molar-refractivity contribution >= 4 is 0 Å². The number of aryl methyl sites for hydroxylation is 1. The first kappa shape index (κ1) is 14.5. The lowest BCUT2D eigenvalue weighted by Gasteiger charge is -2.14. The Labute approximate surface area is 119 Å². The lowest BCUT2D eigenvalue weighted by molar-refractivity contribution is 0.301. The zero-order valence-electron chi connectivity index (χ0n) is 11.9. The van der Waals surface area contributed by atoms with E-state index in [9.17, 15) is 4.39 Å². The molecule has 2 aromatic rings. The minimum absolute atomic E-state index is 0.0300. The third-order valence-corrected chi connectivity index (χ3v) is 3.21. The molecule has 1 atom stereocenters. The van der Waals surface area contributed by atoms with Gasteiger partial charge in [-0.1, -0.05) is 24.3 Å². The fraction of sp³-hybridized carbons (Fsp3) is 0.294. The van der Waals surface area contributed by atoms with Gasteiger partial charge in [0.2, 0.25) is 0 Å². The molecule has 0 aliphatic rings. The second-order valence-corrected chi connectivity index (χ2v) is 5.15. The molecule has 0 fully saturated rings. The van der Waals surface area contributed by atoms with Gasteiger partial charge in [-0.25, -0.2) is 4.39 Å². The van der Waals surface area contributed by atoms with Crippen molar-refractivity contribution < 1.29 is 9.13 Å². The highest BCUT2D eigenvalue weighted by Crippen LogP contribution is 2.22. The topological polar surface area (TPSA) is 35.2 Å². The van der Waals surface area contributed by atoms with Crippen molar-refractivity contribution in [2.45, 2.75) is 32.9 Å². The van der Waals surface area contributed by atoms with Crippen LogP contribution in [-0.4, -0.2) is 6.04 Å². The van der Waals surface area contributed by atoms with E-state index in [-0.39, 0.29) is 11.9 Å². The average molecular weight is 273 g/mol. The van der Waals surface area contributed by atoms with Crippen LogP contribution in [0.5, 0.6) is 5.75 Å². The predicted octanol–water partition coefficient (Wildman–Crippen LogP) is 3.60. The Morgan fingerprint density at radius 3 is 2.60 bits per heavy atom. The molecule has 20 heavy (non-hydrogen) atoms. The van der Waals surface area contributed by atoms with Gasteiger partial charge in [-0.15, -0.1) is 0 Å². The largest absolute Gasteiger partial charge is 0.489 e. The second kappa shape index (κ2) is 6.53. The maximum atomic E-state index is 13.3. The van der Waals surface area contributed by atoms with Crippen LogP contribution in [0.1, 0.15) is 23.6 Å². The molecule has 2 nitrogen and oxygen atoms in total. The van der Waals surface area contributed by atoms with Crippen molar-refractivity contribution in [2.24, 2.45) is 5.73 Å². The summed E-state index contributed by atoms with van der Waals surface area (Å²) in [6, 6.07) is 12.6. The van der Waals surface area contributed by atoms with E-state index in [1.807, 2.05) is 38.1 Å². The van der Waals surface area contributed by atoms with E-state index in [1.54, 1.807) is 6.07 Å². The number of halogens is 1. The summed E-state index contributed by atoms with van der Waals surface area (Å²) in [5, 5.41) is 0. The van der Waals surface area contributed by atoms with Crippen LogP contribution in [0.4, 0.5) is 4.39 Å².